The summed E-state index contributed by atoms with van der Waals surface area (Å²) in [4.78, 5) is 6.91. The van der Waals surface area contributed by atoms with Crippen LogP contribution < -0.4 is 5.32 Å². The molecule has 0 fully saturated rings. The van der Waals surface area contributed by atoms with Gasteiger partial charge in [0.1, 0.15) is 0 Å². The SMILES string of the molecule is CCC(c1nc(CCN(CC)CC)no1)C(C)NC. The van der Waals surface area contributed by atoms with Crippen molar-refractivity contribution in [3.05, 3.63) is 11.7 Å². The van der Waals surface area contributed by atoms with E-state index >= 15 is 0 Å². The first kappa shape index (κ1) is 16.1. The van der Waals surface area contributed by atoms with Gasteiger partial charge in [0, 0.05) is 19.0 Å². The fourth-order valence-corrected chi connectivity index (χ4v) is 2.26. The lowest BCUT2D eigenvalue weighted by Crippen LogP contribution is -2.28. The van der Waals surface area contributed by atoms with Gasteiger partial charge in [-0.15, -0.1) is 0 Å². The smallest absolute Gasteiger partial charge is 0.231 e. The van der Waals surface area contributed by atoms with Crippen molar-refractivity contribution in [3.8, 4) is 0 Å². The lowest BCUT2D eigenvalue weighted by Gasteiger charge is -2.18. The Balaban J connectivity index is 2.60. The molecule has 0 aliphatic heterocycles. The molecule has 0 bridgehead atoms. The van der Waals surface area contributed by atoms with Crippen molar-refractivity contribution in [2.24, 2.45) is 0 Å². The molecule has 110 valence electrons. The molecule has 0 spiro atoms. The molecule has 0 amide bonds. The van der Waals surface area contributed by atoms with Crippen molar-refractivity contribution in [3.63, 3.8) is 0 Å². The zero-order valence-electron chi connectivity index (χ0n) is 12.9. The molecule has 1 aromatic rings. The number of nitrogens with zero attached hydrogens (tertiary/aromatic N) is 3. The van der Waals surface area contributed by atoms with Crippen LogP contribution in [0.1, 0.15) is 51.7 Å². The molecule has 19 heavy (non-hydrogen) atoms. The Morgan fingerprint density at radius 1 is 1.26 bits per heavy atom. The van der Waals surface area contributed by atoms with Crippen molar-refractivity contribution in [2.45, 2.75) is 52.5 Å². The molecule has 2 atom stereocenters. The van der Waals surface area contributed by atoms with Crippen molar-refractivity contribution >= 4 is 0 Å². The van der Waals surface area contributed by atoms with Crippen LogP contribution in [-0.4, -0.2) is 47.8 Å². The van der Waals surface area contributed by atoms with Crippen LogP contribution in [0.15, 0.2) is 4.52 Å². The Morgan fingerprint density at radius 3 is 2.47 bits per heavy atom. The highest BCUT2D eigenvalue weighted by Crippen LogP contribution is 2.21. The first-order chi connectivity index (χ1) is 9.15. The van der Waals surface area contributed by atoms with Crippen molar-refractivity contribution in [1.82, 2.24) is 20.4 Å². The largest absolute Gasteiger partial charge is 0.339 e. The maximum Gasteiger partial charge on any atom is 0.231 e. The predicted octanol–water partition coefficient (Wildman–Crippen LogP) is 2.06. The summed E-state index contributed by atoms with van der Waals surface area (Å²) in [6, 6.07) is 0.348. The van der Waals surface area contributed by atoms with Crippen LogP contribution in [0.4, 0.5) is 0 Å². The molecule has 1 aromatic heterocycles. The van der Waals surface area contributed by atoms with Crippen LogP contribution in [0.25, 0.3) is 0 Å². The van der Waals surface area contributed by atoms with Gasteiger partial charge in [0.2, 0.25) is 5.89 Å². The lowest BCUT2D eigenvalue weighted by molar-refractivity contribution is 0.299. The van der Waals surface area contributed by atoms with Crippen molar-refractivity contribution in [1.29, 1.82) is 0 Å². The van der Waals surface area contributed by atoms with Crippen LogP contribution in [0.3, 0.4) is 0 Å². The van der Waals surface area contributed by atoms with Gasteiger partial charge in [-0.05, 0) is 33.5 Å². The molecular formula is C14H28N4O. The Morgan fingerprint density at radius 2 is 1.95 bits per heavy atom. The second-order valence-corrected chi connectivity index (χ2v) is 4.92. The molecular weight excluding hydrogens is 240 g/mol. The molecule has 0 saturated carbocycles. The third-order valence-electron chi connectivity index (χ3n) is 3.85. The van der Waals surface area contributed by atoms with Crippen LogP contribution in [0.2, 0.25) is 0 Å². The number of hydrogen-bond acceptors (Lipinski definition) is 5. The minimum atomic E-state index is 0.291. The number of rotatable bonds is 9. The molecule has 5 heteroatoms. The summed E-state index contributed by atoms with van der Waals surface area (Å²) in [5.74, 6) is 1.88. The average Bonchev–Trinajstić information content (AvgIpc) is 2.89. The van der Waals surface area contributed by atoms with E-state index in [9.17, 15) is 0 Å². The summed E-state index contributed by atoms with van der Waals surface area (Å²) >= 11 is 0. The summed E-state index contributed by atoms with van der Waals surface area (Å²) in [5, 5.41) is 7.36. The maximum atomic E-state index is 5.42. The van der Waals surface area contributed by atoms with E-state index in [-0.39, 0.29) is 0 Å². The monoisotopic (exact) mass is 268 g/mol. The molecule has 0 saturated heterocycles. The van der Waals surface area contributed by atoms with Gasteiger partial charge in [-0.25, -0.2) is 0 Å². The summed E-state index contributed by atoms with van der Waals surface area (Å²) in [6.07, 6.45) is 1.86. The minimum absolute atomic E-state index is 0.291. The standard InChI is InChI=1S/C14H28N4O/c1-6-12(11(4)15-5)14-16-13(17-19-14)9-10-18(7-2)8-3/h11-12,15H,6-10H2,1-5H3. The van der Waals surface area contributed by atoms with E-state index in [1.807, 2.05) is 7.05 Å². The zero-order chi connectivity index (χ0) is 14.3. The van der Waals surface area contributed by atoms with E-state index in [4.69, 9.17) is 4.52 Å². The zero-order valence-corrected chi connectivity index (χ0v) is 12.9. The number of nitrogens with one attached hydrogen (secondary N) is 1. The minimum Gasteiger partial charge on any atom is -0.339 e. The lowest BCUT2D eigenvalue weighted by atomic mass is 9.98. The highest BCUT2D eigenvalue weighted by atomic mass is 16.5. The Bertz CT molecular complexity index is 349. The van der Waals surface area contributed by atoms with Gasteiger partial charge in [-0.1, -0.05) is 25.9 Å². The van der Waals surface area contributed by atoms with E-state index in [2.05, 4.69) is 48.1 Å². The average molecular weight is 268 g/mol. The van der Waals surface area contributed by atoms with E-state index in [1.54, 1.807) is 0 Å². The second-order valence-electron chi connectivity index (χ2n) is 4.92. The van der Waals surface area contributed by atoms with Crippen LogP contribution in [0, 0.1) is 0 Å². The fourth-order valence-electron chi connectivity index (χ4n) is 2.26. The van der Waals surface area contributed by atoms with Gasteiger partial charge in [0.25, 0.3) is 0 Å². The van der Waals surface area contributed by atoms with Crippen LogP contribution >= 0.6 is 0 Å². The number of aromatic nitrogens is 2. The van der Waals surface area contributed by atoms with Gasteiger partial charge in [-0.2, -0.15) is 4.98 Å². The third kappa shape index (κ3) is 4.58. The Hall–Kier alpha value is -0.940. The number of likely N-dealkylation sites (N-methyl/N-ethyl adjacent to an activating group) is 2. The van der Waals surface area contributed by atoms with Crippen LogP contribution in [-0.2, 0) is 6.42 Å². The quantitative estimate of drug-likeness (QED) is 0.743. The van der Waals surface area contributed by atoms with Gasteiger partial charge in [0.05, 0.1) is 5.92 Å². The normalized spacial score (nSPS) is 14.8. The fraction of sp³-hybridized carbons (Fsp3) is 0.857. The van der Waals surface area contributed by atoms with E-state index < -0.39 is 0 Å². The molecule has 2 unspecified atom stereocenters. The summed E-state index contributed by atoms with van der Waals surface area (Å²) in [6.45, 7) is 11.8. The summed E-state index contributed by atoms with van der Waals surface area (Å²) < 4.78 is 5.42. The third-order valence-corrected chi connectivity index (χ3v) is 3.85. The molecule has 0 aliphatic rings. The van der Waals surface area contributed by atoms with E-state index in [1.165, 1.54) is 0 Å². The highest BCUT2D eigenvalue weighted by molar-refractivity contribution is 4.98. The first-order valence-electron chi connectivity index (χ1n) is 7.38. The van der Waals surface area contributed by atoms with Crippen molar-refractivity contribution in [2.75, 3.05) is 26.7 Å². The second kappa shape index (κ2) is 8.27. The van der Waals surface area contributed by atoms with Gasteiger partial charge < -0.3 is 14.7 Å². The predicted molar refractivity (Wildman–Crippen MR) is 77.3 cm³/mol. The topological polar surface area (TPSA) is 54.2 Å². The Kier molecular flexibility index (Phi) is 7.02. The Labute approximate surface area is 116 Å². The molecule has 0 aromatic carbocycles. The van der Waals surface area contributed by atoms with E-state index in [0.29, 0.717) is 12.0 Å². The van der Waals surface area contributed by atoms with Crippen LogP contribution in [0.5, 0.6) is 0 Å². The molecule has 1 N–H and O–H groups in total. The number of hydrogen-bond donors (Lipinski definition) is 1. The van der Waals surface area contributed by atoms with Gasteiger partial charge in [0.15, 0.2) is 5.82 Å². The maximum absolute atomic E-state index is 5.42. The molecule has 1 rings (SSSR count). The highest BCUT2D eigenvalue weighted by Gasteiger charge is 2.22. The molecule has 0 radical (unpaired) electrons. The molecule has 0 aliphatic carbocycles. The molecule has 5 nitrogen and oxygen atoms in total. The first-order valence-corrected chi connectivity index (χ1v) is 7.38. The molecule has 1 heterocycles. The van der Waals surface area contributed by atoms with E-state index in [0.717, 1.165) is 44.2 Å². The summed E-state index contributed by atoms with van der Waals surface area (Å²) in [7, 11) is 1.96. The van der Waals surface area contributed by atoms with Gasteiger partial charge >= 0.3 is 0 Å². The van der Waals surface area contributed by atoms with Gasteiger partial charge in [-0.3, -0.25) is 0 Å². The summed E-state index contributed by atoms with van der Waals surface area (Å²) in [5.41, 5.74) is 0. The van der Waals surface area contributed by atoms with Crippen molar-refractivity contribution < 1.29 is 4.52 Å².